The number of hydrogen-bond donors (Lipinski definition) is 0. The summed E-state index contributed by atoms with van der Waals surface area (Å²) in [5.41, 5.74) is 2.70. The van der Waals surface area contributed by atoms with Gasteiger partial charge >= 0.3 is 6.03 Å². The largest absolute Gasteiger partial charge is 0.325 e. The van der Waals surface area contributed by atoms with Gasteiger partial charge in [0.1, 0.15) is 0 Å². The zero-order valence-corrected chi connectivity index (χ0v) is 16.0. The van der Waals surface area contributed by atoms with Crippen LogP contribution in [0, 0.1) is 5.92 Å². The number of urea groups is 1. The first-order valence-corrected chi connectivity index (χ1v) is 10.6. The van der Waals surface area contributed by atoms with E-state index in [1.54, 1.807) is 0 Å². The topological polar surface area (TPSA) is 23.6 Å². The maximum absolute atomic E-state index is 13.0. The minimum absolute atomic E-state index is 0.223. The Bertz CT molecular complexity index is 741. The van der Waals surface area contributed by atoms with E-state index < -0.39 is 0 Å². The number of amides is 2. The summed E-state index contributed by atoms with van der Waals surface area (Å²) in [6.07, 6.45) is 3.36. The molecule has 0 aliphatic carbocycles. The minimum Gasteiger partial charge on any atom is -0.325 e. The molecule has 1 saturated heterocycles. The zero-order valence-electron chi connectivity index (χ0n) is 15.1. The van der Waals surface area contributed by atoms with E-state index in [9.17, 15) is 4.79 Å². The highest BCUT2D eigenvalue weighted by molar-refractivity contribution is 7.99. The quantitative estimate of drug-likeness (QED) is 0.771. The molecule has 0 N–H and O–H groups in total. The first kappa shape index (κ1) is 17.5. The molecule has 0 aromatic heterocycles. The molecule has 0 atom stereocenters. The van der Waals surface area contributed by atoms with Crippen molar-refractivity contribution in [3.05, 3.63) is 65.7 Å². The highest BCUT2D eigenvalue weighted by atomic mass is 32.2. The molecule has 0 saturated carbocycles. The monoisotopic (exact) mass is 366 g/mol. The summed E-state index contributed by atoms with van der Waals surface area (Å²) < 4.78 is 0. The Hall–Kier alpha value is -1.94. The van der Waals surface area contributed by atoms with Gasteiger partial charge in [-0.1, -0.05) is 48.5 Å². The molecule has 1 fully saturated rings. The number of thioether (sulfide) groups is 1. The highest BCUT2D eigenvalue weighted by Gasteiger charge is 2.27. The SMILES string of the molecule is O=C(N1CCC(Cc2ccccc2)CC1)N1CCSc2ccccc2C1. The fourth-order valence-corrected chi connectivity index (χ4v) is 4.99. The van der Waals surface area contributed by atoms with E-state index >= 15 is 0 Å². The second kappa shape index (κ2) is 8.17. The second-order valence-electron chi connectivity index (χ2n) is 7.28. The molecule has 0 spiro atoms. The third kappa shape index (κ3) is 4.07. The van der Waals surface area contributed by atoms with Gasteiger partial charge in [-0.3, -0.25) is 0 Å². The Morgan fingerprint density at radius 1 is 0.923 bits per heavy atom. The maximum atomic E-state index is 13.0. The molecule has 4 heteroatoms. The van der Waals surface area contributed by atoms with Gasteiger partial charge in [0.2, 0.25) is 0 Å². The smallest absolute Gasteiger partial charge is 0.320 e. The average Bonchev–Trinajstić information content (AvgIpc) is 2.91. The number of fused-ring (bicyclic) bond motifs is 1. The van der Waals surface area contributed by atoms with Crippen molar-refractivity contribution in [2.45, 2.75) is 30.7 Å². The van der Waals surface area contributed by atoms with Crippen LogP contribution >= 0.6 is 11.8 Å². The predicted octanol–water partition coefficient (Wildman–Crippen LogP) is 4.67. The van der Waals surface area contributed by atoms with Gasteiger partial charge in [0.25, 0.3) is 0 Å². The Morgan fingerprint density at radius 2 is 1.65 bits per heavy atom. The van der Waals surface area contributed by atoms with Crippen LogP contribution in [0.4, 0.5) is 4.79 Å². The molecule has 2 aromatic carbocycles. The summed E-state index contributed by atoms with van der Waals surface area (Å²) in [4.78, 5) is 18.5. The van der Waals surface area contributed by atoms with Gasteiger partial charge in [-0.05, 0) is 42.4 Å². The van der Waals surface area contributed by atoms with Crippen LogP contribution in [-0.4, -0.2) is 41.2 Å². The van der Waals surface area contributed by atoms with Crippen molar-refractivity contribution in [1.29, 1.82) is 0 Å². The summed E-state index contributed by atoms with van der Waals surface area (Å²) >= 11 is 1.87. The van der Waals surface area contributed by atoms with Crippen LogP contribution in [0.2, 0.25) is 0 Å². The molecule has 26 heavy (non-hydrogen) atoms. The van der Waals surface area contributed by atoms with E-state index in [4.69, 9.17) is 0 Å². The molecular formula is C22H26N2OS. The van der Waals surface area contributed by atoms with Crippen LogP contribution < -0.4 is 0 Å². The summed E-state index contributed by atoms with van der Waals surface area (Å²) in [7, 11) is 0. The standard InChI is InChI=1S/C22H26N2OS/c25-22(24-14-15-26-21-9-5-4-8-20(21)17-24)23-12-10-19(11-13-23)16-18-6-2-1-3-7-18/h1-9,19H,10-17H2. The van der Waals surface area contributed by atoms with E-state index in [0.717, 1.165) is 51.2 Å². The van der Waals surface area contributed by atoms with Gasteiger partial charge in [-0.25, -0.2) is 4.79 Å². The average molecular weight is 367 g/mol. The molecule has 4 rings (SSSR count). The van der Waals surface area contributed by atoms with Crippen LogP contribution in [0.3, 0.4) is 0 Å². The number of carbonyl (C=O) groups excluding carboxylic acids is 1. The van der Waals surface area contributed by atoms with Crippen molar-refractivity contribution in [3.63, 3.8) is 0 Å². The highest BCUT2D eigenvalue weighted by Crippen LogP contribution is 2.28. The molecule has 136 valence electrons. The normalized spacial score (nSPS) is 18.3. The lowest BCUT2D eigenvalue weighted by Crippen LogP contribution is -2.47. The second-order valence-corrected chi connectivity index (χ2v) is 8.42. The van der Waals surface area contributed by atoms with Crippen LogP contribution in [0.1, 0.15) is 24.0 Å². The molecule has 2 aliphatic heterocycles. The van der Waals surface area contributed by atoms with E-state index in [1.165, 1.54) is 16.0 Å². The van der Waals surface area contributed by atoms with Gasteiger partial charge in [-0.15, -0.1) is 11.8 Å². The summed E-state index contributed by atoms with van der Waals surface area (Å²) in [5.74, 6) is 1.68. The van der Waals surface area contributed by atoms with E-state index in [1.807, 2.05) is 16.7 Å². The first-order chi connectivity index (χ1) is 12.8. The van der Waals surface area contributed by atoms with Crippen molar-refractivity contribution in [1.82, 2.24) is 9.80 Å². The van der Waals surface area contributed by atoms with Crippen LogP contribution in [0.15, 0.2) is 59.5 Å². The van der Waals surface area contributed by atoms with Crippen molar-refractivity contribution >= 4 is 17.8 Å². The lowest BCUT2D eigenvalue weighted by molar-refractivity contribution is 0.132. The Morgan fingerprint density at radius 3 is 2.46 bits per heavy atom. The first-order valence-electron chi connectivity index (χ1n) is 9.58. The molecule has 2 heterocycles. The van der Waals surface area contributed by atoms with Gasteiger partial charge < -0.3 is 9.80 Å². The number of nitrogens with zero attached hydrogens (tertiary/aromatic N) is 2. The lowest BCUT2D eigenvalue weighted by atomic mass is 9.90. The van der Waals surface area contributed by atoms with E-state index in [-0.39, 0.29) is 6.03 Å². The summed E-state index contributed by atoms with van der Waals surface area (Å²) in [5, 5.41) is 0. The third-order valence-electron chi connectivity index (χ3n) is 5.48. The van der Waals surface area contributed by atoms with Crippen molar-refractivity contribution in [2.24, 2.45) is 5.92 Å². The number of hydrogen-bond acceptors (Lipinski definition) is 2. The molecule has 2 amide bonds. The van der Waals surface area contributed by atoms with Crippen LogP contribution in [-0.2, 0) is 13.0 Å². The minimum atomic E-state index is 0.223. The number of piperidine rings is 1. The van der Waals surface area contributed by atoms with Crippen molar-refractivity contribution in [2.75, 3.05) is 25.4 Å². The number of likely N-dealkylation sites (tertiary alicyclic amines) is 1. The third-order valence-corrected chi connectivity index (χ3v) is 6.57. The van der Waals surface area contributed by atoms with Crippen molar-refractivity contribution < 1.29 is 4.79 Å². The molecule has 0 bridgehead atoms. The molecular weight excluding hydrogens is 340 g/mol. The summed E-state index contributed by atoms with van der Waals surface area (Å²) in [6, 6.07) is 19.4. The predicted molar refractivity (Wildman–Crippen MR) is 107 cm³/mol. The summed E-state index contributed by atoms with van der Waals surface area (Å²) in [6.45, 7) is 3.36. The molecule has 2 aromatic rings. The lowest BCUT2D eigenvalue weighted by Gasteiger charge is -2.35. The zero-order chi connectivity index (χ0) is 17.8. The van der Waals surface area contributed by atoms with Gasteiger partial charge in [-0.2, -0.15) is 0 Å². The Kier molecular flexibility index (Phi) is 5.49. The van der Waals surface area contributed by atoms with Crippen LogP contribution in [0.25, 0.3) is 0 Å². The Balaban J connectivity index is 1.33. The Labute approximate surface area is 160 Å². The van der Waals surface area contributed by atoms with E-state index in [0.29, 0.717) is 5.92 Å². The molecule has 3 nitrogen and oxygen atoms in total. The fraction of sp³-hybridized carbons (Fsp3) is 0.409. The van der Waals surface area contributed by atoms with Crippen molar-refractivity contribution in [3.8, 4) is 0 Å². The number of carbonyl (C=O) groups is 1. The molecule has 0 unspecified atom stereocenters. The van der Waals surface area contributed by atoms with Gasteiger partial charge in [0.15, 0.2) is 0 Å². The maximum Gasteiger partial charge on any atom is 0.320 e. The fourth-order valence-electron chi connectivity index (χ4n) is 3.96. The molecule has 0 radical (unpaired) electrons. The number of rotatable bonds is 2. The van der Waals surface area contributed by atoms with Gasteiger partial charge in [0.05, 0.1) is 0 Å². The van der Waals surface area contributed by atoms with Crippen LogP contribution in [0.5, 0.6) is 0 Å². The number of benzene rings is 2. The van der Waals surface area contributed by atoms with Gasteiger partial charge in [0, 0.05) is 36.8 Å². The van der Waals surface area contributed by atoms with E-state index in [2.05, 4.69) is 59.5 Å². The molecule has 2 aliphatic rings.